The van der Waals surface area contributed by atoms with Crippen LogP contribution in [0.25, 0.3) is 0 Å². The van der Waals surface area contributed by atoms with Gasteiger partial charge in [-0.3, -0.25) is 0 Å². The molecule has 0 aliphatic heterocycles. The highest BCUT2D eigenvalue weighted by molar-refractivity contribution is 6.28. The Bertz CT molecular complexity index is 569. The molecule has 1 aromatic heterocycles. The summed E-state index contributed by atoms with van der Waals surface area (Å²) >= 11 is 5.74. The maximum absolute atomic E-state index is 5.79. The smallest absolute Gasteiger partial charge is 0.224 e. The number of anilines is 3. The number of hydrogen-bond donors (Lipinski definition) is 2. The molecule has 5 heteroatoms. The Morgan fingerprint density at radius 3 is 2.83 bits per heavy atom. The highest BCUT2D eigenvalue weighted by atomic mass is 35.5. The number of nitrogens with two attached hydrogens (primary N) is 1. The van der Waals surface area contributed by atoms with E-state index in [0.29, 0.717) is 11.5 Å². The molecule has 0 saturated heterocycles. The van der Waals surface area contributed by atoms with Gasteiger partial charge in [0.2, 0.25) is 5.28 Å². The van der Waals surface area contributed by atoms with Crippen molar-refractivity contribution in [2.45, 2.75) is 20.3 Å². The Kier molecular flexibility index (Phi) is 3.67. The summed E-state index contributed by atoms with van der Waals surface area (Å²) in [5.41, 5.74) is 9.76. The van der Waals surface area contributed by atoms with Crippen LogP contribution in [0.4, 0.5) is 17.2 Å². The molecule has 94 valence electrons. The van der Waals surface area contributed by atoms with Gasteiger partial charge in [0.15, 0.2) is 5.82 Å². The first-order valence-corrected chi connectivity index (χ1v) is 6.12. The minimum atomic E-state index is 0.175. The summed E-state index contributed by atoms with van der Waals surface area (Å²) in [5, 5.41) is 3.32. The van der Waals surface area contributed by atoms with E-state index in [1.807, 2.05) is 6.07 Å². The predicted octanol–water partition coefficient (Wildman–Crippen LogP) is 3.33. The summed E-state index contributed by atoms with van der Waals surface area (Å²) in [4.78, 5) is 7.87. The third-order valence-corrected chi connectivity index (χ3v) is 2.96. The first-order valence-electron chi connectivity index (χ1n) is 5.74. The van der Waals surface area contributed by atoms with Crippen LogP contribution in [0, 0.1) is 6.92 Å². The standard InChI is InChI=1S/C13H15ClN4/c1-3-9-4-5-10(6-8(9)2)17-12-11(15)7-16-13(14)18-12/h4-7H,3,15H2,1-2H3,(H,16,17,18). The highest BCUT2D eigenvalue weighted by Crippen LogP contribution is 2.23. The van der Waals surface area contributed by atoms with Crippen LogP contribution in [0.5, 0.6) is 0 Å². The minimum absolute atomic E-state index is 0.175. The fourth-order valence-electron chi connectivity index (χ4n) is 1.78. The molecule has 3 N–H and O–H groups in total. The number of benzene rings is 1. The molecule has 4 nitrogen and oxygen atoms in total. The van der Waals surface area contributed by atoms with Gasteiger partial charge in [-0.05, 0) is 48.2 Å². The molecule has 0 spiro atoms. The summed E-state index contributed by atoms with van der Waals surface area (Å²) in [6.45, 7) is 4.22. The fourth-order valence-corrected chi connectivity index (χ4v) is 1.91. The molecule has 0 aliphatic carbocycles. The third-order valence-electron chi connectivity index (χ3n) is 2.77. The summed E-state index contributed by atoms with van der Waals surface area (Å²) in [7, 11) is 0. The second-order valence-electron chi connectivity index (χ2n) is 4.06. The molecular formula is C13H15ClN4. The SMILES string of the molecule is CCc1ccc(Nc2nc(Cl)ncc2N)cc1C. The number of nitrogens with zero attached hydrogens (tertiary/aromatic N) is 2. The number of nitrogens with one attached hydrogen (secondary N) is 1. The van der Waals surface area contributed by atoms with E-state index in [1.165, 1.54) is 17.3 Å². The van der Waals surface area contributed by atoms with Gasteiger partial charge in [0.1, 0.15) is 0 Å². The molecule has 0 radical (unpaired) electrons. The van der Waals surface area contributed by atoms with Crippen LogP contribution in [0.3, 0.4) is 0 Å². The zero-order valence-corrected chi connectivity index (χ0v) is 11.1. The van der Waals surface area contributed by atoms with E-state index in [1.54, 1.807) is 0 Å². The van der Waals surface area contributed by atoms with Crippen molar-refractivity contribution in [1.29, 1.82) is 0 Å². The Hall–Kier alpha value is -1.81. The van der Waals surface area contributed by atoms with E-state index in [0.717, 1.165) is 12.1 Å². The molecule has 2 rings (SSSR count). The highest BCUT2D eigenvalue weighted by Gasteiger charge is 2.04. The first-order chi connectivity index (χ1) is 8.60. The van der Waals surface area contributed by atoms with Gasteiger partial charge < -0.3 is 11.1 Å². The monoisotopic (exact) mass is 262 g/mol. The maximum atomic E-state index is 5.79. The lowest BCUT2D eigenvalue weighted by molar-refractivity contribution is 1.11. The van der Waals surface area contributed by atoms with E-state index >= 15 is 0 Å². The number of aromatic nitrogens is 2. The Labute approximate surface area is 111 Å². The van der Waals surface area contributed by atoms with E-state index in [9.17, 15) is 0 Å². The minimum Gasteiger partial charge on any atom is -0.394 e. The lowest BCUT2D eigenvalue weighted by atomic mass is 10.1. The van der Waals surface area contributed by atoms with Crippen molar-refractivity contribution in [1.82, 2.24) is 9.97 Å². The summed E-state index contributed by atoms with van der Waals surface area (Å²) in [6.07, 6.45) is 2.51. The number of nitrogen functional groups attached to an aromatic ring is 1. The van der Waals surface area contributed by atoms with Crippen LogP contribution >= 0.6 is 11.6 Å². The van der Waals surface area contributed by atoms with Crippen molar-refractivity contribution in [3.8, 4) is 0 Å². The quantitative estimate of drug-likeness (QED) is 0.833. The van der Waals surface area contributed by atoms with Gasteiger partial charge in [-0.15, -0.1) is 0 Å². The van der Waals surface area contributed by atoms with Crippen LogP contribution in [0.1, 0.15) is 18.1 Å². The third kappa shape index (κ3) is 2.71. The Balaban J connectivity index is 2.28. The molecule has 18 heavy (non-hydrogen) atoms. The number of halogens is 1. The van der Waals surface area contributed by atoms with Crippen LogP contribution in [-0.2, 0) is 6.42 Å². The average Bonchev–Trinajstić information content (AvgIpc) is 2.34. The molecule has 1 heterocycles. The van der Waals surface area contributed by atoms with Gasteiger partial charge in [0.05, 0.1) is 11.9 Å². The molecule has 1 aromatic carbocycles. The largest absolute Gasteiger partial charge is 0.394 e. The molecule has 0 unspecified atom stereocenters. The van der Waals surface area contributed by atoms with Gasteiger partial charge in [-0.1, -0.05) is 13.0 Å². The van der Waals surface area contributed by atoms with Gasteiger partial charge in [0.25, 0.3) is 0 Å². The Morgan fingerprint density at radius 2 is 2.17 bits per heavy atom. The van der Waals surface area contributed by atoms with Crippen LogP contribution in [-0.4, -0.2) is 9.97 Å². The van der Waals surface area contributed by atoms with E-state index < -0.39 is 0 Å². The lowest BCUT2D eigenvalue weighted by Crippen LogP contribution is -2.01. The second-order valence-corrected chi connectivity index (χ2v) is 4.40. The summed E-state index contributed by atoms with van der Waals surface area (Å²) < 4.78 is 0. The molecule has 0 fully saturated rings. The molecule has 0 bridgehead atoms. The Morgan fingerprint density at radius 1 is 1.39 bits per heavy atom. The number of aryl methyl sites for hydroxylation is 2. The molecule has 0 saturated carbocycles. The van der Waals surface area contributed by atoms with Crippen molar-refractivity contribution in [3.05, 3.63) is 40.8 Å². The molecule has 0 atom stereocenters. The first kappa shape index (κ1) is 12.6. The van der Waals surface area contributed by atoms with Gasteiger partial charge in [-0.2, -0.15) is 4.98 Å². The van der Waals surface area contributed by atoms with E-state index in [-0.39, 0.29) is 5.28 Å². The molecule has 0 aliphatic rings. The zero-order valence-electron chi connectivity index (χ0n) is 10.4. The van der Waals surface area contributed by atoms with Crippen LogP contribution in [0.2, 0.25) is 5.28 Å². The fraction of sp³-hybridized carbons (Fsp3) is 0.231. The van der Waals surface area contributed by atoms with E-state index in [4.69, 9.17) is 17.3 Å². The van der Waals surface area contributed by atoms with Crippen molar-refractivity contribution in [2.75, 3.05) is 11.1 Å². The van der Waals surface area contributed by atoms with Crippen molar-refractivity contribution < 1.29 is 0 Å². The number of rotatable bonds is 3. The van der Waals surface area contributed by atoms with Crippen LogP contribution < -0.4 is 11.1 Å². The van der Waals surface area contributed by atoms with Crippen molar-refractivity contribution >= 4 is 28.8 Å². The normalized spacial score (nSPS) is 10.4. The molecular weight excluding hydrogens is 248 g/mol. The zero-order chi connectivity index (χ0) is 13.1. The van der Waals surface area contributed by atoms with Crippen molar-refractivity contribution in [2.24, 2.45) is 0 Å². The van der Waals surface area contributed by atoms with Crippen LogP contribution in [0.15, 0.2) is 24.4 Å². The van der Waals surface area contributed by atoms with Gasteiger partial charge in [-0.25, -0.2) is 4.98 Å². The average molecular weight is 263 g/mol. The van der Waals surface area contributed by atoms with Crippen molar-refractivity contribution in [3.63, 3.8) is 0 Å². The topological polar surface area (TPSA) is 63.8 Å². The van der Waals surface area contributed by atoms with Gasteiger partial charge >= 0.3 is 0 Å². The molecule has 0 amide bonds. The predicted molar refractivity (Wildman–Crippen MR) is 75.3 cm³/mol. The van der Waals surface area contributed by atoms with Gasteiger partial charge in [0, 0.05) is 5.69 Å². The van der Waals surface area contributed by atoms with E-state index in [2.05, 4.69) is 41.3 Å². The summed E-state index contributed by atoms with van der Waals surface area (Å²) in [6, 6.07) is 6.16. The molecule has 2 aromatic rings. The summed E-state index contributed by atoms with van der Waals surface area (Å²) in [5.74, 6) is 0.527. The number of hydrogen-bond acceptors (Lipinski definition) is 4. The second kappa shape index (κ2) is 5.23. The maximum Gasteiger partial charge on any atom is 0.224 e. The lowest BCUT2D eigenvalue weighted by Gasteiger charge is -2.10.